The van der Waals surface area contributed by atoms with Crippen LogP contribution in [0.15, 0.2) is 12.4 Å². The fourth-order valence-electron chi connectivity index (χ4n) is 4.22. The third-order valence-corrected chi connectivity index (χ3v) is 7.68. The quantitative estimate of drug-likeness (QED) is 0.476. The van der Waals surface area contributed by atoms with Crippen LogP contribution in [0.3, 0.4) is 0 Å². The van der Waals surface area contributed by atoms with E-state index < -0.39 is 11.9 Å². The van der Waals surface area contributed by atoms with Crippen molar-refractivity contribution in [3.8, 4) is 11.5 Å². The van der Waals surface area contributed by atoms with Gasteiger partial charge in [-0.3, -0.25) is 5.10 Å². The first-order valence-corrected chi connectivity index (χ1v) is 10.8. The lowest BCUT2D eigenvalue weighted by Crippen LogP contribution is -2.28. The monoisotopic (exact) mass is 434 g/mol. The van der Waals surface area contributed by atoms with Crippen molar-refractivity contribution in [2.45, 2.75) is 52.6 Å². The normalized spacial score (nSPS) is 17.7. The topological polar surface area (TPSA) is 71.8 Å². The van der Waals surface area contributed by atoms with Gasteiger partial charge in [0.05, 0.1) is 5.39 Å². The number of nitrogens with one attached hydrogen (secondary N) is 1. The molecule has 158 valence electrons. The van der Waals surface area contributed by atoms with Crippen LogP contribution in [0.5, 0.6) is 0 Å². The minimum absolute atomic E-state index is 0.0630. The Bertz CT molecular complexity index is 1250. The third kappa shape index (κ3) is 3.00. The molecule has 4 aromatic rings. The first-order chi connectivity index (χ1) is 14.2. The Labute approximate surface area is 174 Å². The molecule has 1 atom stereocenters. The van der Waals surface area contributed by atoms with Crippen molar-refractivity contribution in [3.63, 3.8) is 0 Å². The molecule has 1 aliphatic carbocycles. The van der Waals surface area contributed by atoms with E-state index >= 15 is 0 Å². The minimum atomic E-state index is -4.49. The molecule has 4 aromatic heterocycles. The molecule has 0 amide bonds. The molecule has 30 heavy (non-hydrogen) atoms. The first kappa shape index (κ1) is 19.5. The van der Waals surface area contributed by atoms with Gasteiger partial charge >= 0.3 is 6.18 Å². The molecule has 0 saturated heterocycles. The Morgan fingerprint density at radius 2 is 2.10 bits per heavy atom. The molecular weight excluding hydrogens is 413 g/mol. The van der Waals surface area contributed by atoms with Crippen molar-refractivity contribution in [1.82, 2.24) is 29.8 Å². The van der Waals surface area contributed by atoms with Gasteiger partial charge in [-0.05, 0) is 42.2 Å². The second-order valence-corrected chi connectivity index (χ2v) is 9.66. The number of fused-ring (bicyclic) bond motifs is 5. The first-order valence-electron chi connectivity index (χ1n) is 9.96. The maximum absolute atomic E-state index is 12.9. The van der Waals surface area contributed by atoms with E-state index in [1.807, 2.05) is 5.10 Å². The molecule has 6 nitrogen and oxygen atoms in total. The SMILES string of the molecule is CCC(C)(C)C1CCc2c(sc3ncn4nc(-c5cc(C(F)(F)F)[nH]n5)nc4c23)C1. The average molecular weight is 434 g/mol. The lowest BCUT2D eigenvalue weighted by Gasteiger charge is -2.36. The summed E-state index contributed by atoms with van der Waals surface area (Å²) in [6.45, 7) is 6.90. The van der Waals surface area contributed by atoms with Gasteiger partial charge in [0.15, 0.2) is 5.65 Å². The van der Waals surface area contributed by atoms with E-state index in [0.29, 0.717) is 11.6 Å². The van der Waals surface area contributed by atoms with Gasteiger partial charge in [0.1, 0.15) is 22.5 Å². The van der Waals surface area contributed by atoms with E-state index in [1.165, 1.54) is 15.0 Å². The van der Waals surface area contributed by atoms with Gasteiger partial charge in [-0.15, -0.1) is 16.4 Å². The van der Waals surface area contributed by atoms with Gasteiger partial charge in [0.25, 0.3) is 0 Å². The summed E-state index contributed by atoms with van der Waals surface area (Å²) in [6, 6.07) is 0.930. The third-order valence-electron chi connectivity index (χ3n) is 6.51. The number of aromatic amines is 1. The van der Waals surface area contributed by atoms with E-state index in [0.717, 1.165) is 42.0 Å². The Morgan fingerprint density at radius 3 is 2.80 bits per heavy atom. The lowest BCUT2D eigenvalue weighted by molar-refractivity contribution is -0.141. The maximum atomic E-state index is 12.9. The zero-order valence-electron chi connectivity index (χ0n) is 16.8. The summed E-state index contributed by atoms with van der Waals surface area (Å²) in [7, 11) is 0. The van der Waals surface area contributed by atoms with E-state index in [-0.39, 0.29) is 16.9 Å². The fourth-order valence-corrected chi connectivity index (χ4v) is 5.48. The summed E-state index contributed by atoms with van der Waals surface area (Å²) in [5, 5.41) is 11.1. The summed E-state index contributed by atoms with van der Waals surface area (Å²) < 4.78 is 40.2. The zero-order chi connectivity index (χ0) is 21.3. The fraction of sp³-hybridized carbons (Fsp3) is 0.500. The average Bonchev–Trinajstić information content (AvgIpc) is 3.41. The zero-order valence-corrected chi connectivity index (χ0v) is 17.7. The number of halogens is 3. The summed E-state index contributed by atoms with van der Waals surface area (Å²) in [5.41, 5.74) is 1.31. The molecule has 1 N–H and O–H groups in total. The van der Waals surface area contributed by atoms with Gasteiger partial charge in [-0.1, -0.05) is 27.2 Å². The number of alkyl halides is 3. The van der Waals surface area contributed by atoms with Crippen molar-refractivity contribution < 1.29 is 13.2 Å². The number of hydrogen-bond acceptors (Lipinski definition) is 5. The van der Waals surface area contributed by atoms with E-state index in [2.05, 4.69) is 40.9 Å². The predicted molar refractivity (Wildman–Crippen MR) is 108 cm³/mol. The molecule has 1 aliphatic rings. The van der Waals surface area contributed by atoms with Crippen molar-refractivity contribution in [2.75, 3.05) is 0 Å². The highest BCUT2D eigenvalue weighted by molar-refractivity contribution is 7.19. The molecule has 0 radical (unpaired) electrons. The van der Waals surface area contributed by atoms with Gasteiger partial charge in [0, 0.05) is 4.88 Å². The van der Waals surface area contributed by atoms with E-state index in [9.17, 15) is 13.2 Å². The summed E-state index contributed by atoms with van der Waals surface area (Å²) in [4.78, 5) is 11.3. The van der Waals surface area contributed by atoms with Crippen LogP contribution in [0.4, 0.5) is 13.2 Å². The van der Waals surface area contributed by atoms with Crippen LogP contribution >= 0.6 is 11.3 Å². The Balaban J connectivity index is 1.59. The summed E-state index contributed by atoms with van der Waals surface area (Å²) >= 11 is 1.69. The molecule has 0 saturated carbocycles. The van der Waals surface area contributed by atoms with Crippen LogP contribution in [0.2, 0.25) is 0 Å². The molecular formula is C20H21F3N6S. The summed E-state index contributed by atoms with van der Waals surface area (Å²) in [5.74, 6) is 0.772. The standard InChI is InChI=1S/C20H21F3N6S/c1-4-19(2,3)10-5-6-11-13(7-10)30-18-15(11)17-25-16(28-29(17)9-24-18)12-8-14(27-26-12)20(21,22)23/h8-10H,4-7H2,1-3H3,(H,26,27). The minimum Gasteiger partial charge on any atom is -0.273 e. The van der Waals surface area contributed by atoms with Gasteiger partial charge in [-0.25, -0.2) is 14.5 Å². The molecule has 0 spiro atoms. The number of thiophene rings is 1. The van der Waals surface area contributed by atoms with Crippen molar-refractivity contribution in [3.05, 3.63) is 28.5 Å². The number of aryl methyl sites for hydroxylation is 1. The molecule has 0 fully saturated rings. The Morgan fingerprint density at radius 1 is 1.30 bits per heavy atom. The molecule has 10 heteroatoms. The maximum Gasteiger partial charge on any atom is 0.432 e. The smallest absolute Gasteiger partial charge is 0.273 e. The summed E-state index contributed by atoms with van der Waals surface area (Å²) in [6.07, 6.45) is 1.30. The molecule has 0 bridgehead atoms. The van der Waals surface area contributed by atoms with Crippen LogP contribution in [0, 0.1) is 11.3 Å². The van der Waals surface area contributed by atoms with Crippen LogP contribution in [-0.2, 0) is 19.0 Å². The van der Waals surface area contributed by atoms with Crippen LogP contribution in [0.1, 0.15) is 49.7 Å². The Kier molecular flexibility index (Phi) is 4.22. The van der Waals surface area contributed by atoms with Crippen LogP contribution < -0.4 is 0 Å². The molecule has 5 rings (SSSR count). The second-order valence-electron chi connectivity index (χ2n) is 8.58. The number of aromatic nitrogens is 6. The number of hydrogen-bond donors (Lipinski definition) is 1. The number of rotatable bonds is 3. The highest BCUT2D eigenvalue weighted by Gasteiger charge is 2.35. The highest BCUT2D eigenvalue weighted by atomic mass is 32.1. The van der Waals surface area contributed by atoms with Crippen molar-refractivity contribution in [1.29, 1.82) is 0 Å². The van der Waals surface area contributed by atoms with Gasteiger partial charge in [-0.2, -0.15) is 18.3 Å². The van der Waals surface area contributed by atoms with Crippen molar-refractivity contribution >= 4 is 27.2 Å². The van der Waals surface area contributed by atoms with E-state index in [4.69, 9.17) is 0 Å². The lowest BCUT2D eigenvalue weighted by atomic mass is 9.70. The van der Waals surface area contributed by atoms with Crippen LogP contribution in [0.25, 0.3) is 27.4 Å². The second kappa shape index (κ2) is 6.50. The number of nitrogens with zero attached hydrogens (tertiary/aromatic N) is 5. The largest absolute Gasteiger partial charge is 0.432 e. The van der Waals surface area contributed by atoms with Gasteiger partial charge in [0.2, 0.25) is 5.82 Å². The molecule has 0 aliphatic heterocycles. The van der Waals surface area contributed by atoms with Gasteiger partial charge < -0.3 is 0 Å². The molecule has 1 unspecified atom stereocenters. The number of H-pyrrole nitrogens is 1. The van der Waals surface area contributed by atoms with E-state index in [1.54, 1.807) is 17.7 Å². The predicted octanol–water partition coefficient (Wildman–Crippen LogP) is 5.29. The Hall–Kier alpha value is -2.49. The molecule has 4 heterocycles. The van der Waals surface area contributed by atoms with Crippen LogP contribution in [-0.4, -0.2) is 29.8 Å². The van der Waals surface area contributed by atoms with Crippen molar-refractivity contribution in [2.24, 2.45) is 11.3 Å². The molecule has 0 aromatic carbocycles. The highest BCUT2D eigenvalue weighted by Crippen LogP contribution is 2.45.